The Hall–Kier alpha value is -3.03. The van der Waals surface area contributed by atoms with E-state index in [-0.39, 0.29) is 5.91 Å². The maximum absolute atomic E-state index is 12.6. The minimum atomic E-state index is 0.0592. The number of allylic oxidation sites excluding steroid dienone is 1. The number of hydrogen-bond acceptors (Lipinski definition) is 6. The van der Waals surface area contributed by atoms with Crippen molar-refractivity contribution in [2.75, 3.05) is 31.6 Å². The van der Waals surface area contributed by atoms with Gasteiger partial charge in [0.2, 0.25) is 0 Å². The van der Waals surface area contributed by atoms with Crippen LogP contribution in [0.15, 0.2) is 42.7 Å². The predicted molar refractivity (Wildman–Crippen MR) is 131 cm³/mol. The van der Waals surface area contributed by atoms with Crippen molar-refractivity contribution in [1.29, 1.82) is 0 Å². The number of morpholine rings is 1. The van der Waals surface area contributed by atoms with Crippen LogP contribution in [0.25, 0.3) is 21.9 Å². The second-order valence-electron chi connectivity index (χ2n) is 7.89. The summed E-state index contributed by atoms with van der Waals surface area (Å²) in [5.74, 6) is 0.876. The van der Waals surface area contributed by atoms with Gasteiger partial charge in [0, 0.05) is 34.9 Å². The molecule has 3 aromatic rings. The fourth-order valence-corrected chi connectivity index (χ4v) is 4.89. The van der Waals surface area contributed by atoms with Crippen molar-refractivity contribution in [1.82, 2.24) is 14.9 Å². The molecule has 6 nitrogen and oxygen atoms in total. The first-order valence-electron chi connectivity index (χ1n) is 10.8. The van der Waals surface area contributed by atoms with Crippen molar-refractivity contribution >= 4 is 44.9 Å². The van der Waals surface area contributed by atoms with Crippen molar-refractivity contribution in [2.45, 2.75) is 27.3 Å². The molecule has 1 aliphatic rings. The van der Waals surface area contributed by atoms with Crippen molar-refractivity contribution < 1.29 is 9.53 Å². The van der Waals surface area contributed by atoms with E-state index in [0.29, 0.717) is 38.4 Å². The predicted octanol–water partition coefficient (Wildman–Crippen LogP) is 3.32. The van der Waals surface area contributed by atoms with Crippen molar-refractivity contribution in [3.8, 4) is 0 Å². The number of ether oxygens (including phenoxy) is 1. The molecule has 1 saturated heterocycles. The molecule has 1 N–H and O–H groups in total. The van der Waals surface area contributed by atoms with Crippen LogP contribution in [0, 0.1) is 0 Å². The van der Waals surface area contributed by atoms with E-state index in [0.717, 1.165) is 38.0 Å². The first kappa shape index (κ1) is 22.2. The monoisotopic (exact) mass is 448 g/mol. The summed E-state index contributed by atoms with van der Waals surface area (Å²) in [6.45, 7) is 13.4. The van der Waals surface area contributed by atoms with E-state index in [4.69, 9.17) is 4.74 Å². The second-order valence-corrected chi connectivity index (χ2v) is 8.94. The minimum absolute atomic E-state index is 0.0592. The maximum atomic E-state index is 12.6. The molecule has 1 fully saturated rings. The molecule has 0 unspecified atom stereocenters. The van der Waals surface area contributed by atoms with Crippen LogP contribution >= 0.6 is 11.3 Å². The zero-order valence-electron chi connectivity index (χ0n) is 18.8. The first-order valence-corrected chi connectivity index (χ1v) is 11.6. The molecule has 0 atom stereocenters. The number of thiophene rings is 1. The van der Waals surface area contributed by atoms with E-state index in [2.05, 4.69) is 34.9 Å². The van der Waals surface area contributed by atoms with E-state index < -0.39 is 0 Å². The molecule has 166 valence electrons. The first-order chi connectivity index (χ1) is 15.5. The molecule has 0 saturated carbocycles. The standard InChI is InChI=1S/C25H28N4O2S/c1-5-20-21(17(4)16(2)3)22-23(32-20)24(28-15-27-22)26-14-18-6-8-19(9-7-18)25(30)29-10-12-31-13-11-29/h5-9,15H,2,10-14H2,1,3-4H3,(H,26,27,28)/b20-5+,21-17+. The lowest BCUT2D eigenvalue weighted by Crippen LogP contribution is -2.40. The third-order valence-electron chi connectivity index (χ3n) is 5.74. The van der Waals surface area contributed by atoms with Crippen LogP contribution < -0.4 is 15.1 Å². The Kier molecular flexibility index (Phi) is 6.67. The van der Waals surface area contributed by atoms with E-state index >= 15 is 0 Å². The van der Waals surface area contributed by atoms with Gasteiger partial charge in [-0.25, -0.2) is 9.97 Å². The Bertz CT molecular complexity index is 1270. The Balaban J connectivity index is 1.55. The maximum Gasteiger partial charge on any atom is 0.254 e. The number of benzene rings is 1. The van der Waals surface area contributed by atoms with E-state index in [9.17, 15) is 4.79 Å². The Morgan fingerprint density at radius 2 is 1.94 bits per heavy atom. The van der Waals surface area contributed by atoms with Crippen LogP contribution in [-0.2, 0) is 11.3 Å². The van der Waals surface area contributed by atoms with E-state index in [1.807, 2.05) is 43.0 Å². The number of nitrogens with one attached hydrogen (secondary N) is 1. The normalized spacial score (nSPS) is 15.7. The Morgan fingerprint density at radius 1 is 1.22 bits per heavy atom. The van der Waals surface area contributed by atoms with Gasteiger partial charge in [0.1, 0.15) is 12.1 Å². The average molecular weight is 449 g/mol. The van der Waals surface area contributed by atoms with Gasteiger partial charge >= 0.3 is 0 Å². The number of aromatic nitrogens is 2. The molecule has 0 radical (unpaired) electrons. The molecule has 32 heavy (non-hydrogen) atoms. The number of carbonyl (C=O) groups is 1. The zero-order valence-corrected chi connectivity index (χ0v) is 19.6. The van der Waals surface area contributed by atoms with Crippen LogP contribution in [-0.4, -0.2) is 47.1 Å². The summed E-state index contributed by atoms with van der Waals surface area (Å²) in [7, 11) is 0. The minimum Gasteiger partial charge on any atom is -0.378 e. The van der Waals surface area contributed by atoms with Gasteiger partial charge in [0.05, 0.1) is 23.4 Å². The van der Waals surface area contributed by atoms with Crippen molar-refractivity contribution in [3.63, 3.8) is 0 Å². The van der Waals surface area contributed by atoms with Gasteiger partial charge in [-0.05, 0) is 44.0 Å². The lowest BCUT2D eigenvalue weighted by molar-refractivity contribution is 0.0303. The molecule has 1 aliphatic heterocycles. The highest BCUT2D eigenvalue weighted by atomic mass is 32.1. The molecule has 0 spiro atoms. The van der Waals surface area contributed by atoms with Gasteiger partial charge in [0.15, 0.2) is 0 Å². The van der Waals surface area contributed by atoms with Gasteiger partial charge in [-0.15, -0.1) is 11.3 Å². The number of anilines is 1. The molecule has 3 heterocycles. The highest BCUT2D eigenvalue weighted by Crippen LogP contribution is 2.22. The SMILES string of the molecule is C=C(C)/C(C)=c1\c(=C/C)sc2c(NCc3ccc(C(=O)N4CCOCC4)cc3)ncnc12. The third kappa shape index (κ3) is 4.45. The van der Waals surface area contributed by atoms with Gasteiger partial charge in [-0.1, -0.05) is 30.4 Å². The molecule has 7 heteroatoms. The van der Waals surface area contributed by atoms with Crippen molar-refractivity contribution in [3.05, 3.63) is 63.6 Å². The van der Waals surface area contributed by atoms with Crippen molar-refractivity contribution in [2.24, 2.45) is 0 Å². The van der Waals surface area contributed by atoms with Gasteiger partial charge in [-0.2, -0.15) is 0 Å². The molecule has 0 aliphatic carbocycles. The van der Waals surface area contributed by atoms with Crippen LogP contribution in [0.1, 0.15) is 36.7 Å². The number of carbonyl (C=O) groups excluding carboxylic acids is 1. The van der Waals surface area contributed by atoms with Crippen LogP contribution in [0.3, 0.4) is 0 Å². The van der Waals surface area contributed by atoms with Gasteiger partial charge in [-0.3, -0.25) is 4.79 Å². The summed E-state index contributed by atoms with van der Waals surface area (Å²) >= 11 is 1.69. The molecular weight excluding hydrogens is 420 g/mol. The smallest absolute Gasteiger partial charge is 0.254 e. The average Bonchev–Trinajstić information content (AvgIpc) is 3.21. The fraction of sp³-hybridized carbons (Fsp3) is 0.320. The number of rotatable bonds is 5. The number of nitrogens with zero attached hydrogens (tertiary/aromatic N) is 3. The molecule has 1 aromatic carbocycles. The summed E-state index contributed by atoms with van der Waals surface area (Å²) < 4.78 is 7.54. The number of amides is 1. The van der Waals surface area contributed by atoms with Gasteiger partial charge < -0.3 is 15.0 Å². The fourth-order valence-electron chi connectivity index (χ4n) is 3.73. The third-order valence-corrected chi connectivity index (χ3v) is 6.99. The molecular formula is C25H28N4O2S. The lowest BCUT2D eigenvalue weighted by atomic mass is 10.1. The summed E-state index contributed by atoms with van der Waals surface area (Å²) in [5, 5.41) is 4.59. The molecule has 4 rings (SSSR count). The molecule has 2 aromatic heterocycles. The summed E-state index contributed by atoms with van der Waals surface area (Å²) in [4.78, 5) is 23.5. The van der Waals surface area contributed by atoms with Crippen LogP contribution in [0.5, 0.6) is 0 Å². The van der Waals surface area contributed by atoms with Crippen LogP contribution in [0.2, 0.25) is 0 Å². The summed E-state index contributed by atoms with van der Waals surface area (Å²) in [6.07, 6.45) is 3.72. The zero-order chi connectivity index (χ0) is 22.7. The van der Waals surface area contributed by atoms with Gasteiger partial charge in [0.25, 0.3) is 5.91 Å². The quantitative estimate of drug-likeness (QED) is 0.649. The molecule has 0 bridgehead atoms. The second kappa shape index (κ2) is 9.63. The number of hydrogen-bond donors (Lipinski definition) is 1. The summed E-state index contributed by atoms with van der Waals surface area (Å²) in [5.41, 5.74) is 4.92. The Morgan fingerprint density at radius 3 is 2.59 bits per heavy atom. The summed E-state index contributed by atoms with van der Waals surface area (Å²) in [6, 6.07) is 7.76. The Labute approximate surface area is 192 Å². The lowest BCUT2D eigenvalue weighted by Gasteiger charge is -2.26. The highest BCUT2D eigenvalue weighted by Gasteiger charge is 2.18. The van der Waals surface area contributed by atoms with E-state index in [1.54, 1.807) is 17.7 Å². The largest absolute Gasteiger partial charge is 0.378 e. The topological polar surface area (TPSA) is 67.4 Å². The highest BCUT2D eigenvalue weighted by molar-refractivity contribution is 7.17. The van der Waals surface area contributed by atoms with E-state index in [1.165, 1.54) is 4.53 Å². The van der Waals surface area contributed by atoms with Crippen LogP contribution in [0.4, 0.5) is 5.82 Å². The molecule has 1 amide bonds. The number of fused-ring (bicyclic) bond motifs is 1.